The van der Waals surface area contributed by atoms with Crippen LogP contribution in [0.3, 0.4) is 0 Å². The number of β-amino-alcohol motifs (C(OH)–C–C–N with tert-alkyl or cyclic N) is 1. The first-order valence-electron chi connectivity index (χ1n) is 5.21. The van der Waals surface area contributed by atoms with Gasteiger partial charge in [0.25, 0.3) is 0 Å². The van der Waals surface area contributed by atoms with Crippen LogP contribution in [0.4, 0.5) is 5.69 Å². The van der Waals surface area contributed by atoms with Gasteiger partial charge in [0.15, 0.2) is 0 Å². The zero-order valence-electron chi connectivity index (χ0n) is 9.13. The first-order valence-corrected chi connectivity index (χ1v) is 6.01. The normalized spacial score (nSPS) is 15.6. The van der Waals surface area contributed by atoms with Crippen LogP contribution in [0.25, 0.3) is 0 Å². The van der Waals surface area contributed by atoms with Crippen molar-refractivity contribution in [1.29, 1.82) is 0 Å². The summed E-state index contributed by atoms with van der Waals surface area (Å²) in [6, 6.07) is 6.37. The van der Waals surface area contributed by atoms with Crippen LogP contribution < -0.4 is 4.90 Å². The third-order valence-corrected chi connectivity index (χ3v) is 3.11. The minimum Gasteiger partial charge on any atom is -0.389 e. The lowest BCUT2D eigenvalue weighted by molar-refractivity contribution is 0.0878. The quantitative estimate of drug-likeness (QED) is 0.892. The van der Waals surface area contributed by atoms with Crippen LogP contribution in [-0.4, -0.2) is 23.8 Å². The maximum atomic E-state index is 9.82. The van der Waals surface area contributed by atoms with Gasteiger partial charge in [0.1, 0.15) is 0 Å². The van der Waals surface area contributed by atoms with E-state index in [1.54, 1.807) is 0 Å². The summed E-state index contributed by atoms with van der Waals surface area (Å²) in [7, 11) is 0. The fourth-order valence-electron chi connectivity index (χ4n) is 2.05. The predicted octanol–water partition coefficient (Wildman–Crippen LogP) is 2.58. The van der Waals surface area contributed by atoms with Crippen LogP contribution in [0.1, 0.15) is 19.4 Å². The van der Waals surface area contributed by atoms with Crippen molar-refractivity contribution in [3.8, 4) is 0 Å². The summed E-state index contributed by atoms with van der Waals surface area (Å²) in [5, 5.41) is 9.82. The van der Waals surface area contributed by atoms with Gasteiger partial charge in [-0.15, -0.1) is 0 Å². The fraction of sp³-hybridized carbons (Fsp3) is 0.500. The van der Waals surface area contributed by atoms with E-state index >= 15 is 0 Å². The van der Waals surface area contributed by atoms with Crippen LogP contribution in [0, 0.1) is 0 Å². The van der Waals surface area contributed by atoms with E-state index in [2.05, 4.69) is 39.0 Å². The Morgan fingerprint density at radius 1 is 1.47 bits per heavy atom. The molecule has 2 nitrogen and oxygen atoms in total. The van der Waals surface area contributed by atoms with E-state index in [0.717, 1.165) is 17.4 Å². The van der Waals surface area contributed by atoms with Crippen molar-refractivity contribution in [2.24, 2.45) is 0 Å². The number of rotatable bonds is 2. The molecule has 0 amide bonds. The SMILES string of the molecule is CC(C)(O)CN1CCc2ccc(Br)cc21. The highest BCUT2D eigenvalue weighted by molar-refractivity contribution is 9.10. The number of anilines is 1. The molecule has 3 heteroatoms. The maximum Gasteiger partial charge on any atom is 0.0765 e. The number of halogens is 1. The number of fused-ring (bicyclic) bond motifs is 1. The third kappa shape index (κ3) is 2.52. The average Bonchev–Trinajstić information content (AvgIpc) is 2.46. The Hall–Kier alpha value is -0.540. The zero-order chi connectivity index (χ0) is 11.1. The average molecular weight is 270 g/mol. The molecular formula is C12H16BrNO. The number of benzene rings is 1. The molecule has 0 saturated heterocycles. The summed E-state index contributed by atoms with van der Waals surface area (Å²) in [6.45, 7) is 5.40. The zero-order valence-corrected chi connectivity index (χ0v) is 10.7. The second kappa shape index (κ2) is 3.80. The van der Waals surface area contributed by atoms with Crippen molar-refractivity contribution >= 4 is 21.6 Å². The molecule has 0 aromatic heterocycles. The highest BCUT2D eigenvalue weighted by atomic mass is 79.9. The lowest BCUT2D eigenvalue weighted by atomic mass is 10.1. The van der Waals surface area contributed by atoms with Gasteiger partial charge in [0.05, 0.1) is 5.60 Å². The lowest BCUT2D eigenvalue weighted by Crippen LogP contribution is -2.37. The molecule has 0 unspecified atom stereocenters. The van der Waals surface area contributed by atoms with Crippen molar-refractivity contribution in [2.45, 2.75) is 25.9 Å². The van der Waals surface area contributed by atoms with E-state index in [-0.39, 0.29) is 0 Å². The van der Waals surface area contributed by atoms with Crippen molar-refractivity contribution in [2.75, 3.05) is 18.0 Å². The van der Waals surface area contributed by atoms with Gasteiger partial charge in [-0.1, -0.05) is 22.0 Å². The van der Waals surface area contributed by atoms with Crippen LogP contribution in [-0.2, 0) is 6.42 Å². The summed E-state index contributed by atoms with van der Waals surface area (Å²) < 4.78 is 1.10. The molecule has 1 aliphatic heterocycles. The molecule has 0 saturated carbocycles. The molecule has 0 spiro atoms. The van der Waals surface area contributed by atoms with E-state index in [1.807, 2.05) is 13.8 Å². The molecule has 1 N–H and O–H groups in total. The van der Waals surface area contributed by atoms with E-state index in [1.165, 1.54) is 11.3 Å². The molecule has 0 radical (unpaired) electrons. The van der Waals surface area contributed by atoms with Gasteiger partial charge in [-0.3, -0.25) is 0 Å². The second-order valence-electron chi connectivity index (χ2n) is 4.76. The van der Waals surface area contributed by atoms with Gasteiger partial charge < -0.3 is 10.0 Å². The molecule has 0 fully saturated rings. The molecule has 0 bridgehead atoms. The molecule has 2 rings (SSSR count). The molecule has 15 heavy (non-hydrogen) atoms. The number of nitrogens with zero attached hydrogens (tertiary/aromatic N) is 1. The first kappa shape index (κ1) is 11.0. The topological polar surface area (TPSA) is 23.5 Å². The summed E-state index contributed by atoms with van der Waals surface area (Å²) in [5.74, 6) is 0. The Kier molecular flexibility index (Phi) is 2.77. The molecule has 0 atom stereocenters. The molecular weight excluding hydrogens is 254 g/mol. The van der Waals surface area contributed by atoms with Crippen molar-refractivity contribution in [3.05, 3.63) is 28.2 Å². The molecule has 0 aliphatic carbocycles. The minimum absolute atomic E-state index is 0.635. The summed E-state index contributed by atoms with van der Waals surface area (Å²) >= 11 is 3.48. The highest BCUT2D eigenvalue weighted by Gasteiger charge is 2.24. The van der Waals surface area contributed by atoms with Crippen LogP contribution in [0.15, 0.2) is 22.7 Å². The van der Waals surface area contributed by atoms with Gasteiger partial charge in [-0.2, -0.15) is 0 Å². The summed E-state index contributed by atoms with van der Waals surface area (Å²) in [6.07, 6.45) is 1.08. The molecule has 82 valence electrons. The smallest absolute Gasteiger partial charge is 0.0765 e. The first-order chi connectivity index (χ1) is 6.96. The van der Waals surface area contributed by atoms with Crippen LogP contribution >= 0.6 is 15.9 Å². The standard InChI is InChI=1S/C12H16BrNO/c1-12(2,15)8-14-6-5-9-3-4-10(13)7-11(9)14/h3-4,7,15H,5-6,8H2,1-2H3. The Balaban J connectivity index is 2.24. The van der Waals surface area contributed by atoms with Crippen molar-refractivity contribution in [3.63, 3.8) is 0 Å². The van der Waals surface area contributed by atoms with E-state index in [9.17, 15) is 5.11 Å². The summed E-state index contributed by atoms with van der Waals surface area (Å²) in [5.41, 5.74) is 2.00. The Labute approximate surface area is 99.0 Å². The lowest BCUT2D eigenvalue weighted by Gasteiger charge is -2.27. The largest absolute Gasteiger partial charge is 0.389 e. The van der Waals surface area contributed by atoms with Gasteiger partial charge in [0.2, 0.25) is 0 Å². The Morgan fingerprint density at radius 2 is 2.20 bits per heavy atom. The van der Waals surface area contributed by atoms with Crippen molar-refractivity contribution in [1.82, 2.24) is 0 Å². The predicted molar refractivity (Wildman–Crippen MR) is 66.4 cm³/mol. The van der Waals surface area contributed by atoms with Crippen molar-refractivity contribution < 1.29 is 5.11 Å². The summed E-state index contributed by atoms with van der Waals surface area (Å²) in [4.78, 5) is 2.25. The number of aliphatic hydroxyl groups is 1. The van der Waals surface area contributed by atoms with Crippen LogP contribution in [0.2, 0.25) is 0 Å². The van der Waals surface area contributed by atoms with E-state index in [4.69, 9.17) is 0 Å². The van der Waals surface area contributed by atoms with Gasteiger partial charge in [0, 0.05) is 23.2 Å². The van der Waals surface area contributed by atoms with Crippen LogP contribution in [0.5, 0.6) is 0 Å². The molecule has 1 aliphatic rings. The second-order valence-corrected chi connectivity index (χ2v) is 5.67. The molecule has 1 aromatic carbocycles. The van der Waals surface area contributed by atoms with Gasteiger partial charge in [-0.05, 0) is 38.0 Å². The van der Waals surface area contributed by atoms with Gasteiger partial charge in [-0.25, -0.2) is 0 Å². The fourth-order valence-corrected chi connectivity index (χ4v) is 2.40. The third-order valence-electron chi connectivity index (χ3n) is 2.62. The molecule has 1 heterocycles. The highest BCUT2D eigenvalue weighted by Crippen LogP contribution is 2.31. The molecule has 1 aromatic rings. The van der Waals surface area contributed by atoms with Gasteiger partial charge >= 0.3 is 0 Å². The Bertz CT molecular complexity index is 370. The minimum atomic E-state index is -0.635. The number of hydrogen-bond acceptors (Lipinski definition) is 2. The van der Waals surface area contributed by atoms with E-state index < -0.39 is 5.60 Å². The van der Waals surface area contributed by atoms with E-state index in [0.29, 0.717) is 6.54 Å². The Morgan fingerprint density at radius 3 is 2.87 bits per heavy atom. The maximum absolute atomic E-state index is 9.82. The number of hydrogen-bond donors (Lipinski definition) is 1. The monoisotopic (exact) mass is 269 g/mol.